The fourth-order valence-electron chi connectivity index (χ4n) is 3.11. The second kappa shape index (κ2) is 9.13. The number of anilines is 1. The number of para-hydroxylation sites is 3. The molecular weight excluding hydrogens is 454 g/mol. The lowest BCUT2D eigenvalue weighted by Crippen LogP contribution is -2.22. The van der Waals surface area contributed by atoms with E-state index in [0.29, 0.717) is 37.5 Å². The van der Waals surface area contributed by atoms with Crippen LogP contribution >= 0.6 is 34.7 Å². The Morgan fingerprint density at radius 3 is 2.81 bits per heavy atom. The molecule has 0 bridgehead atoms. The van der Waals surface area contributed by atoms with Crippen LogP contribution in [0.5, 0.6) is 5.75 Å². The van der Waals surface area contributed by atoms with Crippen LogP contribution in [0.1, 0.15) is 5.56 Å². The third-order valence-electron chi connectivity index (χ3n) is 4.59. The number of fused-ring (bicyclic) bond motifs is 1. The predicted octanol–water partition coefficient (Wildman–Crippen LogP) is 5.15. The maximum absolute atomic E-state index is 13.3. The van der Waals surface area contributed by atoms with Crippen molar-refractivity contribution in [3.63, 3.8) is 0 Å². The van der Waals surface area contributed by atoms with E-state index in [9.17, 15) is 9.59 Å². The number of thiophene rings is 1. The van der Waals surface area contributed by atoms with E-state index in [4.69, 9.17) is 16.3 Å². The van der Waals surface area contributed by atoms with Gasteiger partial charge in [0.05, 0.1) is 34.8 Å². The van der Waals surface area contributed by atoms with Gasteiger partial charge in [-0.25, -0.2) is 4.98 Å². The van der Waals surface area contributed by atoms with Crippen LogP contribution in [0.15, 0.2) is 63.9 Å². The molecule has 0 saturated carbocycles. The van der Waals surface area contributed by atoms with Gasteiger partial charge < -0.3 is 10.1 Å². The lowest BCUT2D eigenvalue weighted by molar-refractivity contribution is -0.113. The maximum atomic E-state index is 13.3. The third kappa shape index (κ3) is 4.32. The number of halogens is 1. The van der Waals surface area contributed by atoms with Gasteiger partial charge in [-0.1, -0.05) is 47.6 Å². The highest BCUT2D eigenvalue weighted by Gasteiger charge is 2.18. The molecule has 0 spiro atoms. The summed E-state index contributed by atoms with van der Waals surface area (Å²) in [6.07, 6.45) is 0. The number of carbonyl (C=O) groups is 1. The highest BCUT2D eigenvalue weighted by Crippen LogP contribution is 2.29. The number of hydrogen-bond donors (Lipinski definition) is 1. The van der Waals surface area contributed by atoms with E-state index in [2.05, 4.69) is 10.3 Å². The number of aromatic nitrogens is 2. The molecule has 2 aromatic carbocycles. The molecule has 0 fully saturated rings. The minimum atomic E-state index is -0.243. The molecule has 158 valence electrons. The molecule has 31 heavy (non-hydrogen) atoms. The molecule has 4 aromatic rings. The summed E-state index contributed by atoms with van der Waals surface area (Å²) in [5.41, 5.74) is 2.43. The first kappa shape index (κ1) is 21.4. The number of methoxy groups -OCH3 is 1. The van der Waals surface area contributed by atoms with E-state index in [0.717, 1.165) is 5.56 Å². The first-order valence-corrected chi connectivity index (χ1v) is 11.6. The van der Waals surface area contributed by atoms with Gasteiger partial charge in [-0.05, 0) is 42.1 Å². The summed E-state index contributed by atoms with van der Waals surface area (Å²) in [6, 6.07) is 14.4. The summed E-state index contributed by atoms with van der Waals surface area (Å²) in [5.74, 6) is 0.356. The molecule has 6 nitrogen and oxygen atoms in total. The minimum absolute atomic E-state index is 0.0574. The predicted molar refractivity (Wildman–Crippen MR) is 127 cm³/mol. The van der Waals surface area contributed by atoms with Crippen molar-refractivity contribution < 1.29 is 9.53 Å². The van der Waals surface area contributed by atoms with E-state index in [1.165, 1.54) is 27.7 Å². The Bertz CT molecular complexity index is 1310. The third-order valence-corrected chi connectivity index (χ3v) is 6.74. The van der Waals surface area contributed by atoms with Gasteiger partial charge in [0.1, 0.15) is 10.4 Å². The summed E-state index contributed by atoms with van der Waals surface area (Å²) < 4.78 is 7.49. The van der Waals surface area contributed by atoms with Crippen LogP contribution in [-0.2, 0) is 4.79 Å². The number of ether oxygens (including phenoxy) is 1. The minimum Gasteiger partial charge on any atom is -0.495 e. The van der Waals surface area contributed by atoms with Crippen LogP contribution in [0.25, 0.3) is 15.9 Å². The quantitative estimate of drug-likeness (QED) is 0.311. The Balaban J connectivity index is 1.69. The molecule has 2 heterocycles. The maximum Gasteiger partial charge on any atom is 0.276 e. The zero-order chi connectivity index (χ0) is 22.0. The molecule has 2 aromatic heterocycles. The lowest BCUT2D eigenvalue weighted by atomic mass is 10.2. The molecule has 0 aliphatic rings. The van der Waals surface area contributed by atoms with Gasteiger partial charge in [0.15, 0.2) is 5.16 Å². The van der Waals surface area contributed by atoms with Gasteiger partial charge in [0.2, 0.25) is 5.91 Å². The van der Waals surface area contributed by atoms with Crippen molar-refractivity contribution in [1.82, 2.24) is 9.55 Å². The highest BCUT2D eigenvalue weighted by atomic mass is 35.5. The van der Waals surface area contributed by atoms with Crippen molar-refractivity contribution in [2.24, 2.45) is 0 Å². The normalized spacial score (nSPS) is 10.9. The number of nitrogens with one attached hydrogen (secondary N) is 1. The molecule has 9 heteroatoms. The van der Waals surface area contributed by atoms with Crippen molar-refractivity contribution >= 4 is 56.5 Å². The summed E-state index contributed by atoms with van der Waals surface area (Å²) in [6.45, 7) is 1.88. The molecule has 0 unspecified atom stereocenters. The Kier molecular flexibility index (Phi) is 6.31. The number of benzene rings is 2. The number of carbonyl (C=O) groups excluding carboxylic acids is 1. The Morgan fingerprint density at radius 2 is 2.03 bits per heavy atom. The molecule has 1 amide bonds. The van der Waals surface area contributed by atoms with Crippen LogP contribution in [0, 0.1) is 6.92 Å². The topological polar surface area (TPSA) is 73.2 Å². The average molecular weight is 472 g/mol. The number of amides is 1. The number of aryl methyl sites for hydroxylation is 1. The van der Waals surface area contributed by atoms with Gasteiger partial charge >= 0.3 is 0 Å². The monoisotopic (exact) mass is 471 g/mol. The number of rotatable bonds is 6. The molecule has 0 atom stereocenters. The zero-order valence-corrected chi connectivity index (χ0v) is 19.1. The van der Waals surface area contributed by atoms with Crippen LogP contribution in [0.3, 0.4) is 0 Å². The van der Waals surface area contributed by atoms with E-state index >= 15 is 0 Å². The summed E-state index contributed by atoms with van der Waals surface area (Å²) in [4.78, 5) is 30.5. The SMILES string of the molecule is COc1ccccc1-n1c(SCC(=O)Nc2c(C)cccc2Cl)nc2ccsc2c1=O. The molecule has 4 rings (SSSR count). The van der Waals surface area contributed by atoms with Crippen molar-refractivity contribution in [3.05, 3.63) is 74.9 Å². The summed E-state index contributed by atoms with van der Waals surface area (Å²) in [5, 5.41) is 5.56. The number of nitrogens with zero attached hydrogens (tertiary/aromatic N) is 2. The van der Waals surface area contributed by atoms with E-state index < -0.39 is 0 Å². The van der Waals surface area contributed by atoms with Crippen molar-refractivity contribution in [2.75, 3.05) is 18.2 Å². The van der Waals surface area contributed by atoms with Crippen LogP contribution in [0.2, 0.25) is 5.02 Å². The van der Waals surface area contributed by atoms with Crippen LogP contribution in [-0.4, -0.2) is 28.3 Å². The van der Waals surface area contributed by atoms with Gasteiger partial charge in [0.25, 0.3) is 5.56 Å². The van der Waals surface area contributed by atoms with Gasteiger partial charge in [-0.15, -0.1) is 11.3 Å². The van der Waals surface area contributed by atoms with Gasteiger partial charge in [0, 0.05) is 0 Å². The largest absolute Gasteiger partial charge is 0.495 e. The van der Waals surface area contributed by atoms with Crippen LogP contribution < -0.4 is 15.6 Å². The Labute approximate surface area is 191 Å². The second-order valence-corrected chi connectivity index (χ2v) is 8.88. The smallest absolute Gasteiger partial charge is 0.276 e. The Hall–Kier alpha value is -2.81. The molecule has 0 aliphatic heterocycles. The van der Waals surface area contributed by atoms with E-state index in [-0.39, 0.29) is 17.2 Å². The highest BCUT2D eigenvalue weighted by molar-refractivity contribution is 7.99. The van der Waals surface area contributed by atoms with E-state index in [1.807, 2.05) is 36.6 Å². The fourth-order valence-corrected chi connectivity index (χ4v) is 4.95. The first-order chi connectivity index (χ1) is 15.0. The molecular formula is C22H18ClN3O3S2. The van der Waals surface area contributed by atoms with Crippen molar-refractivity contribution in [2.45, 2.75) is 12.1 Å². The van der Waals surface area contributed by atoms with E-state index in [1.54, 1.807) is 31.4 Å². The van der Waals surface area contributed by atoms with Crippen molar-refractivity contribution in [3.8, 4) is 11.4 Å². The zero-order valence-electron chi connectivity index (χ0n) is 16.7. The summed E-state index contributed by atoms with van der Waals surface area (Å²) in [7, 11) is 1.55. The molecule has 0 aliphatic carbocycles. The molecule has 1 N–H and O–H groups in total. The first-order valence-electron chi connectivity index (χ1n) is 9.31. The fraction of sp³-hybridized carbons (Fsp3) is 0.136. The summed E-state index contributed by atoms with van der Waals surface area (Å²) >= 11 is 8.72. The van der Waals surface area contributed by atoms with Crippen LogP contribution in [0.4, 0.5) is 5.69 Å². The lowest BCUT2D eigenvalue weighted by Gasteiger charge is -2.15. The average Bonchev–Trinajstić information content (AvgIpc) is 3.24. The standard InChI is InChI=1S/C22H18ClN3O3S2/c1-13-6-5-7-14(23)19(13)25-18(27)12-31-22-24-15-10-11-30-20(15)21(28)26(22)16-8-3-4-9-17(16)29-2/h3-11H,12H2,1-2H3,(H,25,27). The number of hydrogen-bond acceptors (Lipinski definition) is 6. The van der Waals surface area contributed by atoms with Gasteiger partial charge in [-0.3, -0.25) is 14.2 Å². The molecule has 0 saturated heterocycles. The van der Waals surface area contributed by atoms with Gasteiger partial charge in [-0.2, -0.15) is 0 Å². The van der Waals surface area contributed by atoms with Crippen molar-refractivity contribution in [1.29, 1.82) is 0 Å². The second-order valence-electron chi connectivity index (χ2n) is 6.61. The Morgan fingerprint density at radius 1 is 1.23 bits per heavy atom. The molecule has 0 radical (unpaired) electrons. The number of thioether (sulfide) groups is 1.